The number of carbonyl (C=O) groups excluding carboxylic acids is 4. The van der Waals surface area contributed by atoms with Crippen molar-refractivity contribution in [3.63, 3.8) is 0 Å². The summed E-state index contributed by atoms with van der Waals surface area (Å²) in [6.45, 7) is 0.848. The monoisotopic (exact) mass is 515 g/mol. The molecule has 0 bridgehead atoms. The molecule has 0 radical (unpaired) electrons. The van der Waals surface area contributed by atoms with Gasteiger partial charge in [0.15, 0.2) is 0 Å². The molecule has 3 atom stereocenters. The van der Waals surface area contributed by atoms with E-state index >= 15 is 0 Å². The van der Waals surface area contributed by atoms with Gasteiger partial charge in [-0.05, 0) is 31.0 Å². The maximum atomic E-state index is 14.1. The Bertz CT molecular complexity index is 1060. The van der Waals surface area contributed by atoms with Crippen LogP contribution in [0.25, 0.3) is 0 Å². The van der Waals surface area contributed by atoms with Crippen molar-refractivity contribution in [3.8, 4) is 6.07 Å². The molecule has 5 N–H and O–H groups in total. The normalized spacial score (nSPS) is 16.9. The van der Waals surface area contributed by atoms with Gasteiger partial charge in [-0.3, -0.25) is 19.2 Å². The van der Waals surface area contributed by atoms with Crippen LogP contribution in [-0.4, -0.2) is 76.5 Å². The van der Waals surface area contributed by atoms with Gasteiger partial charge in [0.05, 0.1) is 11.8 Å². The number of halogens is 4. The van der Waals surface area contributed by atoms with Crippen LogP contribution >= 0.6 is 0 Å². The SMILES string of the molecule is CC(=O)Nc1ccc(C(=O)NC(C(=O)N2CCCC2C(=O)NC(C#N)CB(O)O)C(F)(F)F)cc1F. The number of amides is 4. The lowest BCUT2D eigenvalue weighted by molar-refractivity contribution is -0.175. The van der Waals surface area contributed by atoms with E-state index in [1.807, 2.05) is 0 Å². The molecule has 36 heavy (non-hydrogen) atoms. The van der Waals surface area contributed by atoms with Crippen molar-refractivity contribution in [2.45, 2.75) is 50.4 Å². The molecule has 0 saturated carbocycles. The number of nitrogens with one attached hydrogen (secondary N) is 3. The topological polar surface area (TPSA) is 172 Å². The fourth-order valence-electron chi connectivity index (χ4n) is 3.54. The maximum absolute atomic E-state index is 14.1. The average molecular weight is 515 g/mol. The molecule has 1 aliphatic heterocycles. The van der Waals surface area contributed by atoms with Crippen molar-refractivity contribution in [2.24, 2.45) is 0 Å². The number of nitrogens with zero attached hydrogens (tertiary/aromatic N) is 2. The van der Waals surface area contributed by atoms with Crippen LogP contribution in [0.15, 0.2) is 18.2 Å². The summed E-state index contributed by atoms with van der Waals surface area (Å²) in [6.07, 6.45) is -5.73. The van der Waals surface area contributed by atoms with Gasteiger partial charge in [-0.25, -0.2) is 4.39 Å². The highest BCUT2D eigenvalue weighted by Crippen LogP contribution is 2.27. The Kier molecular flexibility index (Phi) is 9.37. The number of hydrogen-bond donors (Lipinski definition) is 5. The van der Waals surface area contributed by atoms with Crippen LogP contribution in [0.3, 0.4) is 0 Å². The van der Waals surface area contributed by atoms with Crippen molar-refractivity contribution < 1.29 is 46.8 Å². The Labute approximate surface area is 202 Å². The zero-order chi connectivity index (χ0) is 27.2. The van der Waals surface area contributed by atoms with E-state index in [1.165, 1.54) is 5.32 Å². The largest absolute Gasteiger partial charge is 0.454 e. The minimum atomic E-state index is -5.28. The number of likely N-dealkylation sites (tertiary alicyclic amines) is 1. The first-order valence-electron chi connectivity index (χ1n) is 10.6. The van der Waals surface area contributed by atoms with E-state index in [-0.39, 0.29) is 25.1 Å². The Balaban J connectivity index is 2.21. The fourth-order valence-corrected chi connectivity index (χ4v) is 3.54. The molecular weight excluding hydrogens is 493 g/mol. The van der Waals surface area contributed by atoms with Gasteiger partial charge in [0.25, 0.3) is 11.8 Å². The van der Waals surface area contributed by atoms with Gasteiger partial charge in [-0.15, -0.1) is 0 Å². The van der Waals surface area contributed by atoms with Gasteiger partial charge in [-0.1, -0.05) is 0 Å². The third-order valence-corrected chi connectivity index (χ3v) is 5.15. The summed E-state index contributed by atoms with van der Waals surface area (Å²) in [5.74, 6) is -5.76. The third kappa shape index (κ3) is 7.39. The summed E-state index contributed by atoms with van der Waals surface area (Å²) >= 11 is 0. The molecule has 0 aliphatic carbocycles. The average Bonchev–Trinajstić information content (AvgIpc) is 3.26. The molecule has 1 aliphatic rings. The van der Waals surface area contributed by atoms with Gasteiger partial charge < -0.3 is 30.9 Å². The predicted molar refractivity (Wildman–Crippen MR) is 115 cm³/mol. The van der Waals surface area contributed by atoms with Gasteiger partial charge in [0.1, 0.15) is 17.9 Å². The van der Waals surface area contributed by atoms with Crippen molar-refractivity contribution in [3.05, 3.63) is 29.6 Å². The highest BCUT2D eigenvalue weighted by atomic mass is 19.4. The lowest BCUT2D eigenvalue weighted by Crippen LogP contribution is -2.59. The number of rotatable bonds is 8. The molecule has 0 aromatic heterocycles. The Hall–Kier alpha value is -3.71. The Morgan fingerprint density at radius 1 is 1.25 bits per heavy atom. The van der Waals surface area contributed by atoms with Crippen LogP contribution in [-0.2, 0) is 14.4 Å². The quantitative estimate of drug-likeness (QED) is 0.238. The first kappa shape index (κ1) is 28.5. The Morgan fingerprint density at radius 2 is 1.92 bits per heavy atom. The number of benzene rings is 1. The van der Waals surface area contributed by atoms with E-state index < -0.39 is 72.7 Å². The second kappa shape index (κ2) is 11.8. The smallest absolute Gasteiger partial charge is 0.427 e. The second-order valence-corrected chi connectivity index (χ2v) is 7.92. The van der Waals surface area contributed by atoms with Gasteiger partial charge in [0, 0.05) is 25.4 Å². The molecule has 1 fully saturated rings. The van der Waals surface area contributed by atoms with Crippen molar-refractivity contribution >= 4 is 36.4 Å². The lowest BCUT2D eigenvalue weighted by Gasteiger charge is -2.30. The molecule has 1 saturated heterocycles. The van der Waals surface area contributed by atoms with Crippen LogP contribution in [0.2, 0.25) is 6.32 Å². The summed E-state index contributed by atoms with van der Waals surface area (Å²) in [6, 6.07) is -1.75. The van der Waals surface area contributed by atoms with E-state index in [2.05, 4.69) is 10.6 Å². The zero-order valence-corrected chi connectivity index (χ0v) is 18.8. The predicted octanol–water partition coefficient (Wildman–Crippen LogP) is -0.0830. The fraction of sp³-hybridized carbons (Fsp3) is 0.450. The lowest BCUT2D eigenvalue weighted by atomic mass is 9.82. The highest BCUT2D eigenvalue weighted by Gasteiger charge is 2.50. The van der Waals surface area contributed by atoms with Gasteiger partial charge in [0.2, 0.25) is 17.9 Å². The first-order valence-corrected chi connectivity index (χ1v) is 10.6. The summed E-state index contributed by atoms with van der Waals surface area (Å²) in [7, 11) is -1.93. The van der Waals surface area contributed by atoms with Crippen LogP contribution in [0.4, 0.5) is 23.2 Å². The number of hydrogen-bond acceptors (Lipinski definition) is 7. The molecule has 11 nitrogen and oxygen atoms in total. The van der Waals surface area contributed by atoms with Crippen LogP contribution < -0.4 is 16.0 Å². The number of alkyl halides is 3. The van der Waals surface area contributed by atoms with Gasteiger partial charge >= 0.3 is 13.3 Å². The Morgan fingerprint density at radius 3 is 2.44 bits per heavy atom. The van der Waals surface area contributed by atoms with Crippen LogP contribution in [0.5, 0.6) is 0 Å². The van der Waals surface area contributed by atoms with Crippen LogP contribution in [0.1, 0.15) is 30.1 Å². The maximum Gasteiger partial charge on any atom is 0.454 e. The van der Waals surface area contributed by atoms with Crippen LogP contribution in [0, 0.1) is 17.1 Å². The molecule has 16 heteroatoms. The van der Waals surface area contributed by atoms with Crippen molar-refractivity contribution in [1.82, 2.24) is 15.5 Å². The number of nitriles is 1. The first-order chi connectivity index (χ1) is 16.7. The standard InChI is InChI=1S/C20H22BF4N5O6/c1-10(31)27-14-5-4-11(7-13(14)22)17(32)29-16(20(23,24)25)19(34)30-6-2-3-15(30)18(33)28-12(9-26)8-21(35)36/h4-5,7,12,15-16,35-36H,2-3,6,8H2,1H3,(H,27,31)(H,28,33)(H,29,32). The van der Waals surface area contributed by atoms with Gasteiger partial charge in [-0.2, -0.15) is 18.4 Å². The molecule has 1 aromatic rings. The summed E-state index contributed by atoms with van der Waals surface area (Å²) in [5, 5.41) is 32.7. The van der Waals surface area contributed by atoms with E-state index in [1.54, 1.807) is 6.07 Å². The highest BCUT2D eigenvalue weighted by molar-refractivity contribution is 6.41. The summed E-state index contributed by atoms with van der Waals surface area (Å²) in [4.78, 5) is 49.4. The minimum Gasteiger partial charge on any atom is -0.427 e. The summed E-state index contributed by atoms with van der Waals surface area (Å²) < 4.78 is 55.3. The van der Waals surface area contributed by atoms with Crippen molar-refractivity contribution in [2.75, 3.05) is 11.9 Å². The molecule has 194 valence electrons. The van der Waals surface area contributed by atoms with Crippen molar-refractivity contribution in [1.29, 1.82) is 5.26 Å². The second-order valence-electron chi connectivity index (χ2n) is 7.92. The molecule has 2 rings (SSSR count). The molecule has 4 amide bonds. The van der Waals surface area contributed by atoms with E-state index in [0.29, 0.717) is 11.0 Å². The molecular formula is C20H22BF4N5O6. The third-order valence-electron chi connectivity index (χ3n) is 5.15. The molecule has 1 heterocycles. The molecule has 0 spiro atoms. The molecule has 1 aromatic carbocycles. The zero-order valence-electron chi connectivity index (χ0n) is 18.8. The minimum absolute atomic E-state index is 0.0360. The van der Waals surface area contributed by atoms with E-state index in [9.17, 15) is 36.7 Å². The number of carbonyl (C=O) groups is 4. The van der Waals surface area contributed by atoms with E-state index in [0.717, 1.165) is 19.1 Å². The molecule has 3 unspecified atom stereocenters. The summed E-state index contributed by atoms with van der Waals surface area (Å²) in [5.41, 5.74) is -0.864. The van der Waals surface area contributed by atoms with E-state index in [4.69, 9.17) is 15.3 Å². The number of anilines is 1.